The minimum absolute atomic E-state index is 0.0152. The number of benzene rings is 3. The third-order valence-corrected chi connectivity index (χ3v) is 3.97. The zero-order chi connectivity index (χ0) is 17.6. The normalized spacial score (nSPS) is 13.6. The summed E-state index contributed by atoms with van der Waals surface area (Å²) in [5, 5.41) is 30.1. The second-order valence-electron chi connectivity index (χ2n) is 5.73. The van der Waals surface area contributed by atoms with Gasteiger partial charge in [0.25, 0.3) is 0 Å². The van der Waals surface area contributed by atoms with Gasteiger partial charge in [-0.1, -0.05) is 60.7 Å². The van der Waals surface area contributed by atoms with Crippen LogP contribution in [0.25, 0.3) is 0 Å². The number of phenols is 2. The Bertz CT molecular complexity index is 848. The van der Waals surface area contributed by atoms with Crippen LogP contribution in [0, 0.1) is 0 Å². The van der Waals surface area contributed by atoms with Gasteiger partial charge in [-0.25, -0.2) is 0 Å². The van der Waals surface area contributed by atoms with E-state index in [1.54, 1.807) is 6.07 Å². The minimum atomic E-state index is -0.820. The molecule has 25 heavy (non-hydrogen) atoms. The van der Waals surface area contributed by atoms with Gasteiger partial charge in [-0.3, -0.25) is 4.99 Å². The van der Waals surface area contributed by atoms with Crippen molar-refractivity contribution >= 4 is 6.21 Å². The van der Waals surface area contributed by atoms with Crippen LogP contribution in [0.15, 0.2) is 83.9 Å². The Kier molecular flexibility index (Phi) is 5.11. The minimum Gasteiger partial charge on any atom is -0.508 e. The van der Waals surface area contributed by atoms with Crippen molar-refractivity contribution in [3.05, 3.63) is 95.6 Å². The van der Waals surface area contributed by atoms with E-state index in [4.69, 9.17) is 0 Å². The molecule has 0 spiro atoms. The Morgan fingerprint density at radius 3 is 1.96 bits per heavy atom. The van der Waals surface area contributed by atoms with Crippen molar-refractivity contribution in [2.45, 2.75) is 12.1 Å². The van der Waals surface area contributed by atoms with Crippen molar-refractivity contribution in [2.24, 2.45) is 4.99 Å². The number of hydrogen-bond donors (Lipinski definition) is 3. The quantitative estimate of drug-likeness (QED) is 0.618. The Labute approximate surface area is 146 Å². The van der Waals surface area contributed by atoms with Gasteiger partial charge in [0.1, 0.15) is 23.6 Å². The summed E-state index contributed by atoms with van der Waals surface area (Å²) in [6, 6.07) is 22.7. The molecule has 3 aromatic carbocycles. The number of aliphatic hydroxyl groups is 1. The van der Waals surface area contributed by atoms with Gasteiger partial charge in [0, 0.05) is 17.8 Å². The first kappa shape index (κ1) is 16.7. The van der Waals surface area contributed by atoms with Crippen LogP contribution < -0.4 is 0 Å². The van der Waals surface area contributed by atoms with E-state index in [1.165, 1.54) is 18.3 Å². The molecule has 0 saturated heterocycles. The average molecular weight is 333 g/mol. The monoisotopic (exact) mass is 333 g/mol. The zero-order valence-electron chi connectivity index (χ0n) is 13.5. The molecule has 0 heterocycles. The van der Waals surface area contributed by atoms with E-state index in [-0.39, 0.29) is 11.5 Å². The van der Waals surface area contributed by atoms with Crippen LogP contribution in [0.3, 0.4) is 0 Å². The molecule has 0 saturated carbocycles. The molecule has 0 bridgehead atoms. The molecule has 0 aromatic heterocycles. The molecule has 0 aliphatic heterocycles. The lowest BCUT2D eigenvalue weighted by Crippen LogP contribution is -2.09. The third-order valence-electron chi connectivity index (χ3n) is 3.97. The lowest BCUT2D eigenvalue weighted by molar-refractivity contribution is 0.148. The fourth-order valence-corrected chi connectivity index (χ4v) is 2.63. The van der Waals surface area contributed by atoms with Crippen molar-refractivity contribution in [1.82, 2.24) is 0 Å². The predicted octanol–water partition coefficient (Wildman–Crippen LogP) is 3.99. The Morgan fingerprint density at radius 2 is 1.36 bits per heavy atom. The molecule has 0 radical (unpaired) electrons. The number of phenolic OH excluding ortho intramolecular Hbond substituents is 2. The van der Waals surface area contributed by atoms with Gasteiger partial charge in [0.05, 0.1) is 0 Å². The maximum atomic E-state index is 10.8. The first-order chi connectivity index (χ1) is 12.1. The molecular weight excluding hydrogens is 314 g/mol. The predicted molar refractivity (Wildman–Crippen MR) is 98.0 cm³/mol. The van der Waals surface area contributed by atoms with Crippen molar-refractivity contribution < 1.29 is 15.3 Å². The van der Waals surface area contributed by atoms with Crippen LogP contribution >= 0.6 is 0 Å². The summed E-state index contributed by atoms with van der Waals surface area (Å²) >= 11 is 0. The van der Waals surface area contributed by atoms with Gasteiger partial charge in [0.2, 0.25) is 0 Å². The maximum Gasteiger partial charge on any atom is 0.128 e. The summed E-state index contributed by atoms with van der Waals surface area (Å²) < 4.78 is 0. The number of nitrogens with zero attached hydrogens (tertiary/aromatic N) is 1. The zero-order valence-corrected chi connectivity index (χ0v) is 13.5. The van der Waals surface area contributed by atoms with Gasteiger partial charge in [0.15, 0.2) is 0 Å². The number of aliphatic imine (C=N–C) groups is 1. The molecule has 3 aromatic rings. The SMILES string of the molecule is Oc1ccc(C=N[C@H](c2ccccc2)[C@@H](O)c2ccccc2)c(O)c1. The van der Waals surface area contributed by atoms with E-state index in [0.29, 0.717) is 5.56 Å². The summed E-state index contributed by atoms with van der Waals surface area (Å²) in [6.45, 7) is 0. The Morgan fingerprint density at radius 1 is 0.760 bits per heavy atom. The number of rotatable bonds is 5. The van der Waals surface area contributed by atoms with E-state index in [2.05, 4.69) is 4.99 Å². The molecule has 0 unspecified atom stereocenters. The van der Waals surface area contributed by atoms with Crippen LogP contribution in [-0.2, 0) is 0 Å². The lowest BCUT2D eigenvalue weighted by Gasteiger charge is -2.20. The highest BCUT2D eigenvalue weighted by Gasteiger charge is 2.21. The van der Waals surface area contributed by atoms with Gasteiger partial charge in [-0.15, -0.1) is 0 Å². The smallest absolute Gasteiger partial charge is 0.128 e. The lowest BCUT2D eigenvalue weighted by atomic mass is 9.96. The first-order valence-electron chi connectivity index (χ1n) is 7.98. The number of aliphatic hydroxyl groups excluding tert-OH is 1. The largest absolute Gasteiger partial charge is 0.508 e. The topological polar surface area (TPSA) is 73.1 Å². The number of hydrogen-bond acceptors (Lipinski definition) is 4. The molecule has 2 atom stereocenters. The summed E-state index contributed by atoms with van der Waals surface area (Å²) in [5.74, 6) is -0.0802. The van der Waals surface area contributed by atoms with Gasteiger partial charge in [-0.2, -0.15) is 0 Å². The van der Waals surface area contributed by atoms with Gasteiger partial charge in [-0.05, 0) is 23.3 Å². The number of aromatic hydroxyl groups is 2. The Hall–Kier alpha value is -3.11. The van der Waals surface area contributed by atoms with Crippen LogP contribution in [-0.4, -0.2) is 21.5 Å². The molecule has 4 nitrogen and oxygen atoms in total. The van der Waals surface area contributed by atoms with E-state index < -0.39 is 12.1 Å². The molecule has 0 fully saturated rings. The van der Waals surface area contributed by atoms with Crippen LogP contribution in [0.4, 0.5) is 0 Å². The van der Waals surface area contributed by atoms with Crippen molar-refractivity contribution in [1.29, 1.82) is 0 Å². The molecule has 0 amide bonds. The van der Waals surface area contributed by atoms with Crippen LogP contribution in [0.1, 0.15) is 28.8 Å². The molecule has 3 N–H and O–H groups in total. The molecule has 0 aliphatic rings. The highest BCUT2D eigenvalue weighted by Crippen LogP contribution is 2.32. The Balaban J connectivity index is 1.95. The maximum absolute atomic E-state index is 10.8. The fourth-order valence-electron chi connectivity index (χ4n) is 2.63. The van der Waals surface area contributed by atoms with Gasteiger partial charge < -0.3 is 15.3 Å². The van der Waals surface area contributed by atoms with Crippen molar-refractivity contribution in [2.75, 3.05) is 0 Å². The van der Waals surface area contributed by atoms with E-state index >= 15 is 0 Å². The second kappa shape index (κ2) is 7.64. The van der Waals surface area contributed by atoms with Crippen LogP contribution in [0.2, 0.25) is 0 Å². The molecule has 0 aliphatic carbocycles. The summed E-state index contributed by atoms with van der Waals surface area (Å²) in [5.41, 5.74) is 2.11. The molecule has 126 valence electrons. The van der Waals surface area contributed by atoms with Crippen LogP contribution in [0.5, 0.6) is 11.5 Å². The summed E-state index contributed by atoms with van der Waals surface area (Å²) in [7, 11) is 0. The van der Waals surface area contributed by atoms with E-state index in [1.807, 2.05) is 60.7 Å². The van der Waals surface area contributed by atoms with E-state index in [9.17, 15) is 15.3 Å². The van der Waals surface area contributed by atoms with E-state index in [0.717, 1.165) is 11.1 Å². The molecule has 3 rings (SSSR count). The standard InChI is InChI=1S/C21H19NO3/c23-18-12-11-17(19(24)13-18)14-22-20(15-7-3-1-4-8-15)21(25)16-9-5-2-6-10-16/h1-14,20-21,23-25H/t20-,21+/m1/s1. The average Bonchev–Trinajstić information content (AvgIpc) is 2.65. The third kappa shape index (κ3) is 4.05. The fraction of sp³-hybridized carbons (Fsp3) is 0.0952. The molecule has 4 heteroatoms. The van der Waals surface area contributed by atoms with Crippen molar-refractivity contribution in [3.63, 3.8) is 0 Å². The van der Waals surface area contributed by atoms with Crippen molar-refractivity contribution in [3.8, 4) is 11.5 Å². The van der Waals surface area contributed by atoms with Gasteiger partial charge >= 0.3 is 0 Å². The highest BCUT2D eigenvalue weighted by atomic mass is 16.3. The second-order valence-corrected chi connectivity index (χ2v) is 5.73. The molecular formula is C21H19NO3. The highest BCUT2D eigenvalue weighted by molar-refractivity contribution is 5.83. The summed E-state index contributed by atoms with van der Waals surface area (Å²) in [4.78, 5) is 4.51. The summed E-state index contributed by atoms with van der Waals surface area (Å²) in [6.07, 6.45) is 0.692. The first-order valence-corrected chi connectivity index (χ1v) is 7.98.